The summed E-state index contributed by atoms with van der Waals surface area (Å²) < 4.78 is 5.35. The quantitative estimate of drug-likeness (QED) is 0.342. The highest BCUT2D eigenvalue weighted by molar-refractivity contribution is 5.88. The van der Waals surface area contributed by atoms with Crippen LogP contribution in [-0.2, 0) is 0 Å². The fourth-order valence-electron chi connectivity index (χ4n) is 2.14. The summed E-state index contributed by atoms with van der Waals surface area (Å²) in [5.74, 6) is -2.71. The van der Waals surface area contributed by atoms with Crippen molar-refractivity contribution in [2.75, 3.05) is 0 Å². The molecule has 1 aromatic heterocycles. The number of phenols is 4. The lowest BCUT2D eigenvalue weighted by molar-refractivity contribution is 0.403. The van der Waals surface area contributed by atoms with Crippen LogP contribution in [0.15, 0.2) is 39.5 Å². The second-order valence-electron chi connectivity index (χ2n) is 4.65. The molecule has 2 aromatic carbocycles. The van der Waals surface area contributed by atoms with Crippen molar-refractivity contribution < 1.29 is 29.9 Å². The zero-order chi connectivity index (χ0) is 16.0. The molecule has 24 heavy (non-hydrogen) atoms. The predicted molar refractivity (Wildman–Crippen MR) is 88.7 cm³/mol. The van der Waals surface area contributed by atoms with Gasteiger partial charge in [0, 0.05) is 26.1 Å². The summed E-state index contributed by atoms with van der Waals surface area (Å²) in [6, 6.07) is 5.64. The Morgan fingerprint density at radius 2 is 1.50 bits per heavy atom. The van der Waals surface area contributed by atoms with E-state index in [-0.39, 0.29) is 49.6 Å². The van der Waals surface area contributed by atoms with Crippen LogP contribution >= 0.6 is 0 Å². The van der Waals surface area contributed by atoms with E-state index in [2.05, 4.69) is 0 Å². The Balaban J connectivity index is 0.00000144. The lowest BCUT2D eigenvalue weighted by Gasteiger charge is -2.08. The van der Waals surface area contributed by atoms with E-state index in [1.54, 1.807) is 0 Å². The summed E-state index contributed by atoms with van der Waals surface area (Å²) in [6.45, 7) is 0. The van der Waals surface area contributed by atoms with Crippen LogP contribution in [0, 0.1) is 0 Å². The molecule has 5 N–H and O–H groups in total. The van der Waals surface area contributed by atoms with Crippen molar-refractivity contribution in [1.29, 1.82) is 0 Å². The molecule has 0 unspecified atom stereocenters. The zero-order valence-electron chi connectivity index (χ0n) is 11.5. The number of phenolic OH excluding ortho intramolecular Hbond substituents is 4. The molecule has 0 atom stereocenters. The van der Waals surface area contributed by atoms with Gasteiger partial charge >= 0.3 is 0 Å². The topological polar surface area (TPSA) is 131 Å². The minimum Gasteiger partial charge on any atom is -0.508 e. The minimum atomic E-state index is -0.888. The first-order valence-electron chi connectivity index (χ1n) is 6.12. The van der Waals surface area contributed by atoms with Crippen molar-refractivity contribution in [3.05, 3.63) is 40.6 Å². The Morgan fingerprint density at radius 3 is 2.12 bits per heavy atom. The van der Waals surface area contributed by atoms with Gasteiger partial charge in [-0.3, -0.25) is 4.79 Å². The molecule has 8 heteroatoms. The first-order chi connectivity index (χ1) is 10.4. The van der Waals surface area contributed by atoms with Gasteiger partial charge in [-0.25, -0.2) is 0 Å². The summed E-state index contributed by atoms with van der Waals surface area (Å²) >= 11 is 0. The SMILES string of the molecule is C.O=c1c(O)c(-c2ccc(O)c(O)c2)oc2cc(O)cc(O)c12.[B]. The summed E-state index contributed by atoms with van der Waals surface area (Å²) in [7, 11) is 0. The van der Waals surface area contributed by atoms with Gasteiger partial charge in [-0.2, -0.15) is 0 Å². The fourth-order valence-corrected chi connectivity index (χ4v) is 2.14. The molecular weight excluding hydrogens is 315 g/mol. The molecule has 3 aromatic rings. The second-order valence-corrected chi connectivity index (χ2v) is 4.65. The maximum atomic E-state index is 12.1. The van der Waals surface area contributed by atoms with Gasteiger partial charge in [0.25, 0.3) is 0 Å². The van der Waals surface area contributed by atoms with E-state index >= 15 is 0 Å². The maximum Gasteiger partial charge on any atom is 0.238 e. The minimum absolute atomic E-state index is 0. The smallest absolute Gasteiger partial charge is 0.238 e. The van der Waals surface area contributed by atoms with Gasteiger partial charge in [-0.15, -0.1) is 0 Å². The first kappa shape index (κ1) is 18.8. The van der Waals surface area contributed by atoms with Crippen LogP contribution in [0.25, 0.3) is 22.3 Å². The van der Waals surface area contributed by atoms with Crippen molar-refractivity contribution >= 4 is 19.4 Å². The van der Waals surface area contributed by atoms with Crippen LogP contribution in [0.3, 0.4) is 0 Å². The highest BCUT2D eigenvalue weighted by Crippen LogP contribution is 2.37. The van der Waals surface area contributed by atoms with Crippen molar-refractivity contribution in [3.8, 4) is 40.1 Å². The van der Waals surface area contributed by atoms with Gasteiger partial charge in [0.1, 0.15) is 22.5 Å². The van der Waals surface area contributed by atoms with Crippen LogP contribution in [0.1, 0.15) is 7.43 Å². The lowest BCUT2D eigenvalue weighted by Crippen LogP contribution is -2.02. The van der Waals surface area contributed by atoms with Gasteiger partial charge in [-0.1, -0.05) is 7.43 Å². The highest BCUT2D eigenvalue weighted by Gasteiger charge is 2.19. The van der Waals surface area contributed by atoms with Crippen LogP contribution in [0.5, 0.6) is 28.7 Å². The zero-order valence-corrected chi connectivity index (χ0v) is 11.5. The molecule has 7 nitrogen and oxygen atoms in total. The summed E-state index contributed by atoms with van der Waals surface area (Å²) in [5, 5.41) is 47.6. The fraction of sp³-hybridized carbons (Fsp3) is 0.0625. The number of fused-ring (bicyclic) bond motifs is 1. The number of hydrogen-bond donors (Lipinski definition) is 5. The van der Waals surface area contributed by atoms with Crippen molar-refractivity contribution in [2.24, 2.45) is 0 Å². The van der Waals surface area contributed by atoms with E-state index in [1.165, 1.54) is 6.07 Å². The summed E-state index contributed by atoms with van der Waals surface area (Å²) in [4.78, 5) is 12.1. The van der Waals surface area contributed by atoms with E-state index in [1.807, 2.05) is 0 Å². The monoisotopic (exact) mass is 329 g/mol. The average molecular weight is 329 g/mol. The summed E-state index contributed by atoms with van der Waals surface area (Å²) in [6.07, 6.45) is 0. The predicted octanol–water partition coefficient (Wildman–Crippen LogP) is 2.24. The Morgan fingerprint density at radius 1 is 0.833 bits per heavy atom. The third kappa shape index (κ3) is 2.81. The van der Waals surface area contributed by atoms with Crippen LogP contribution in [0.2, 0.25) is 0 Å². The van der Waals surface area contributed by atoms with Crippen molar-refractivity contribution in [3.63, 3.8) is 0 Å². The lowest BCUT2D eigenvalue weighted by atomic mass is 10.1. The molecule has 0 aliphatic rings. The molecule has 0 saturated heterocycles. The van der Waals surface area contributed by atoms with Gasteiger partial charge < -0.3 is 29.9 Å². The molecule has 0 bridgehead atoms. The van der Waals surface area contributed by atoms with Crippen LogP contribution in [-0.4, -0.2) is 33.9 Å². The molecular formula is C16H14BO7. The third-order valence-corrected chi connectivity index (χ3v) is 3.17. The van der Waals surface area contributed by atoms with Gasteiger partial charge in [-0.05, 0) is 18.2 Å². The maximum absolute atomic E-state index is 12.1. The van der Waals surface area contributed by atoms with Gasteiger partial charge in [0.15, 0.2) is 17.3 Å². The van der Waals surface area contributed by atoms with Crippen molar-refractivity contribution in [2.45, 2.75) is 7.43 Å². The number of benzene rings is 2. The van der Waals surface area contributed by atoms with E-state index in [4.69, 9.17) is 4.42 Å². The number of hydrogen-bond acceptors (Lipinski definition) is 7. The average Bonchev–Trinajstić information content (AvgIpc) is 2.45. The molecule has 3 radical (unpaired) electrons. The number of rotatable bonds is 1. The van der Waals surface area contributed by atoms with Crippen LogP contribution in [0.4, 0.5) is 0 Å². The molecule has 1 heterocycles. The first-order valence-corrected chi connectivity index (χ1v) is 6.12. The second kappa shape index (κ2) is 6.45. The van der Waals surface area contributed by atoms with Crippen LogP contribution < -0.4 is 5.43 Å². The molecule has 0 fully saturated rings. The molecule has 123 valence electrons. The van der Waals surface area contributed by atoms with E-state index in [9.17, 15) is 30.3 Å². The normalized spacial score (nSPS) is 10.0. The van der Waals surface area contributed by atoms with Crippen molar-refractivity contribution in [1.82, 2.24) is 0 Å². The van der Waals surface area contributed by atoms with Gasteiger partial charge in [0.05, 0.1) is 0 Å². The molecule has 0 saturated carbocycles. The molecule has 0 spiro atoms. The Bertz CT molecular complexity index is 963. The molecule has 3 rings (SSSR count). The van der Waals surface area contributed by atoms with E-state index in [0.717, 1.165) is 24.3 Å². The largest absolute Gasteiger partial charge is 0.508 e. The Labute approximate surface area is 138 Å². The van der Waals surface area contributed by atoms with E-state index in [0.29, 0.717) is 0 Å². The standard InChI is InChI=1S/C15H10O7.CH4.B/c16-7-4-10(19)12-11(5-7)22-15(14(21)13(12)20)6-1-2-8(17)9(18)3-6;;/h1-5,16-19,21H;1H4;. The summed E-state index contributed by atoms with van der Waals surface area (Å²) in [5.41, 5.74) is -0.890. The molecule has 0 amide bonds. The Hall–Kier alpha value is -3.29. The van der Waals surface area contributed by atoms with E-state index < -0.39 is 22.7 Å². The molecule has 0 aliphatic carbocycles. The Kier molecular flexibility index (Phi) is 5.04. The number of aromatic hydroxyl groups is 5. The van der Waals surface area contributed by atoms with Gasteiger partial charge in [0.2, 0.25) is 11.2 Å². The highest BCUT2D eigenvalue weighted by atomic mass is 16.4. The molecule has 0 aliphatic heterocycles. The third-order valence-electron chi connectivity index (χ3n) is 3.17.